The van der Waals surface area contributed by atoms with E-state index >= 15 is 0 Å². The molecule has 0 aliphatic rings. The molecule has 0 atom stereocenters. The van der Waals surface area contributed by atoms with Crippen LogP contribution in [0.5, 0.6) is 11.5 Å². The molecule has 2 aromatic carbocycles. The van der Waals surface area contributed by atoms with Gasteiger partial charge >= 0.3 is 0 Å². The Labute approximate surface area is 107 Å². The lowest BCUT2D eigenvalue weighted by atomic mass is 10.1. The zero-order valence-electron chi connectivity index (χ0n) is 10.6. The van der Waals surface area contributed by atoms with Gasteiger partial charge in [-0.3, -0.25) is 0 Å². The van der Waals surface area contributed by atoms with Crippen molar-refractivity contribution in [2.45, 2.75) is 20.4 Å². The molecule has 0 aliphatic heterocycles. The third-order valence-corrected chi connectivity index (χ3v) is 3.06. The van der Waals surface area contributed by atoms with E-state index in [1.54, 1.807) is 12.1 Å². The Hall–Kier alpha value is -2.16. The molecule has 0 heterocycles. The summed E-state index contributed by atoms with van der Waals surface area (Å²) in [5.41, 5.74) is 4.26. The van der Waals surface area contributed by atoms with Crippen LogP contribution in [-0.2, 0) is 6.54 Å². The molecule has 0 aromatic heterocycles. The monoisotopic (exact) mass is 243 g/mol. The number of nitrogens with one attached hydrogen (secondary N) is 1. The normalized spacial score (nSPS) is 10.3. The molecular formula is C15H17NO2. The van der Waals surface area contributed by atoms with Gasteiger partial charge in [-0.2, -0.15) is 0 Å². The molecule has 0 fully saturated rings. The smallest absolute Gasteiger partial charge is 0.124 e. The lowest BCUT2D eigenvalue weighted by molar-refractivity contribution is 0.446. The van der Waals surface area contributed by atoms with Gasteiger partial charge in [0, 0.05) is 23.9 Å². The Morgan fingerprint density at radius 2 is 1.72 bits per heavy atom. The third kappa shape index (κ3) is 2.74. The van der Waals surface area contributed by atoms with E-state index in [-0.39, 0.29) is 11.5 Å². The van der Waals surface area contributed by atoms with Crippen LogP contribution in [0.3, 0.4) is 0 Å². The summed E-state index contributed by atoms with van der Waals surface area (Å²) in [6, 6.07) is 10.8. The highest BCUT2D eigenvalue weighted by molar-refractivity contribution is 5.49. The van der Waals surface area contributed by atoms with Crippen molar-refractivity contribution in [2.24, 2.45) is 0 Å². The molecule has 0 spiro atoms. The minimum atomic E-state index is 0.0717. The molecule has 2 rings (SSSR count). The van der Waals surface area contributed by atoms with E-state index in [0.717, 1.165) is 11.3 Å². The largest absolute Gasteiger partial charge is 0.508 e. The van der Waals surface area contributed by atoms with Crippen LogP contribution in [0.1, 0.15) is 16.7 Å². The highest BCUT2D eigenvalue weighted by Gasteiger charge is 2.02. The average Bonchev–Trinajstić information content (AvgIpc) is 2.32. The van der Waals surface area contributed by atoms with Gasteiger partial charge in [-0.15, -0.1) is 0 Å². The average molecular weight is 243 g/mol. The summed E-state index contributed by atoms with van der Waals surface area (Å²) in [7, 11) is 0. The Morgan fingerprint density at radius 1 is 0.944 bits per heavy atom. The second kappa shape index (κ2) is 5.00. The van der Waals surface area contributed by atoms with Crippen LogP contribution in [0.2, 0.25) is 0 Å². The maximum atomic E-state index is 9.67. The van der Waals surface area contributed by atoms with Crippen molar-refractivity contribution in [1.29, 1.82) is 0 Å². The lowest BCUT2D eigenvalue weighted by Gasteiger charge is -2.10. The highest BCUT2D eigenvalue weighted by Crippen LogP contribution is 2.23. The zero-order chi connectivity index (χ0) is 13.1. The molecule has 18 heavy (non-hydrogen) atoms. The summed E-state index contributed by atoms with van der Waals surface area (Å²) in [4.78, 5) is 0. The summed E-state index contributed by atoms with van der Waals surface area (Å²) in [5, 5.41) is 22.1. The number of phenolic OH excluding ortho intramolecular Hbond substituents is 2. The zero-order valence-corrected chi connectivity index (χ0v) is 10.6. The number of aromatic hydroxyl groups is 2. The van der Waals surface area contributed by atoms with Gasteiger partial charge in [-0.25, -0.2) is 0 Å². The quantitative estimate of drug-likeness (QED) is 0.775. The second-order valence-corrected chi connectivity index (χ2v) is 4.47. The van der Waals surface area contributed by atoms with Gasteiger partial charge in [0.2, 0.25) is 0 Å². The van der Waals surface area contributed by atoms with Crippen molar-refractivity contribution in [1.82, 2.24) is 0 Å². The van der Waals surface area contributed by atoms with Crippen molar-refractivity contribution in [2.75, 3.05) is 5.32 Å². The summed E-state index contributed by atoms with van der Waals surface area (Å²) in [6.07, 6.45) is 0. The Kier molecular flexibility index (Phi) is 3.42. The molecule has 0 saturated carbocycles. The predicted octanol–water partition coefficient (Wildman–Crippen LogP) is 3.33. The molecule has 0 bridgehead atoms. The van der Waals surface area contributed by atoms with Gasteiger partial charge in [0.1, 0.15) is 11.5 Å². The van der Waals surface area contributed by atoms with Crippen LogP contribution in [-0.4, -0.2) is 10.2 Å². The second-order valence-electron chi connectivity index (χ2n) is 4.47. The molecule has 2 aromatic rings. The first-order valence-electron chi connectivity index (χ1n) is 5.88. The van der Waals surface area contributed by atoms with Crippen molar-refractivity contribution < 1.29 is 10.2 Å². The number of hydrogen-bond acceptors (Lipinski definition) is 3. The molecule has 0 aliphatic carbocycles. The van der Waals surface area contributed by atoms with E-state index in [4.69, 9.17) is 0 Å². The van der Waals surface area contributed by atoms with Gasteiger partial charge in [-0.05, 0) is 49.2 Å². The van der Waals surface area contributed by atoms with Crippen LogP contribution in [0, 0.1) is 13.8 Å². The lowest BCUT2D eigenvalue weighted by Crippen LogP contribution is -2.00. The number of hydrogen-bond donors (Lipinski definition) is 3. The fraction of sp³-hybridized carbons (Fsp3) is 0.200. The fourth-order valence-electron chi connectivity index (χ4n) is 1.75. The molecule has 3 nitrogen and oxygen atoms in total. The van der Waals surface area contributed by atoms with Crippen molar-refractivity contribution in [3.63, 3.8) is 0 Å². The van der Waals surface area contributed by atoms with Gasteiger partial charge in [0.15, 0.2) is 0 Å². The SMILES string of the molecule is Cc1ccc(NCc2ccc(O)cc2O)cc1C. The molecular weight excluding hydrogens is 226 g/mol. The Bertz CT molecular complexity index is 564. The molecule has 94 valence electrons. The number of anilines is 1. The maximum Gasteiger partial charge on any atom is 0.124 e. The Balaban J connectivity index is 2.09. The van der Waals surface area contributed by atoms with Crippen LogP contribution in [0.4, 0.5) is 5.69 Å². The van der Waals surface area contributed by atoms with Crippen molar-refractivity contribution in [3.05, 3.63) is 53.1 Å². The van der Waals surface area contributed by atoms with Crippen LogP contribution >= 0.6 is 0 Å². The number of benzene rings is 2. The van der Waals surface area contributed by atoms with Gasteiger partial charge in [-0.1, -0.05) is 6.07 Å². The standard InChI is InChI=1S/C15H17NO2/c1-10-3-5-13(7-11(10)2)16-9-12-4-6-14(17)8-15(12)18/h3-8,16-18H,9H2,1-2H3. The van der Waals surface area contributed by atoms with Crippen LogP contribution < -0.4 is 5.32 Å². The topological polar surface area (TPSA) is 52.5 Å². The van der Waals surface area contributed by atoms with Crippen molar-refractivity contribution >= 4 is 5.69 Å². The van der Waals surface area contributed by atoms with Gasteiger partial charge < -0.3 is 15.5 Å². The number of aryl methyl sites for hydroxylation is 2. The van der Waals surface area contributed by atoms with Crippen molar-refractivity contribution in [3.8, 4) is 11.5 Å². The van der Waals surface area contributed by atoms with E-state index in [2.05, 4.69) is 31.3 Å². The van der Waals surface area contributed by atoms with Crippen LogP contribution in [0.15, 0.2) is 36.4 Å². The first-order chi connectivity index (χ1) is 8.56. The van der Waals surface area contributed by atoms with Gasteiger partial charge in [0.25, 0.3) is 0 Å². The molecule has 0 amide bonds. The molecule has 3 heteroatoms. The van der Waals surface area contributed by atoms with Crippen LogP contribution in [0.25, 0.3) is 0 Å². The molecule has 0 unspecified atom stereocenters. The predicted molar refractivity (Wildman–Crippen MR) is 73.0 cm³/mol. The molecule has 0 saturated heterocycles. The molecule has 0 radical (unpaired) electrons. The van der Waals surface area contributed by atoms with E-state index in [1.165, 1.54) is 17.2 Å². The third-order valence-electron chi connectivity index (χ3n) is 3.06. The van der Waals surface area contributed by atoms with Gasteiger partial charge in [0.05, 0.1) is 0 Å². The summed E-state index contributed by atoms with van der Waals surface area (Å²) >= 11 is 0. The minimum Gasteiger partial charge on any atom is -0.508 e. The summed E-state index contributed by atoms with van der Waals surface area (Å²) in [5.74, 6) is 0.175. The highest BCUT2D eigenvalue weighted by atomic mass is 16.3. The number of phenols is 2. The van der Waals surface area contributed by atoms with E-state index < -0.39 is 0 Å². The Morgan fingerprint density at radius 3 is 2.39 bits per heavy atom. The summed E-state index contributed by atoms with van der Waals surface area (Å²) < 4.78 is 0. The fourth-order valence-corrected chi connectivity index (χ4v) is 1.75. The van der Waals surface area contributed by atoms with E-state index in [0.29, 0.717) is 6.54 Å². The number of rotatable bonds is 3. The first kappa shape index (κ1) is 12.3. The first-order valence-corrected chi connectivity index (χ1v) is 5.88. The van der Waals surface area contributed by atoms with E-state index in [1.807, 2.05) is 6.07 Å². The maximum absolute atomic E-state index is 9.67. The summed E-state index contributed by atoms with van der Waals surface area (Å²) in [6.45, 7) is 4.66. The van der Waals surface area contributed by atoms with E-state index in [9.17, 15) is 10.2 Å². The molecule has 3 N–H and O–H groups in total. The minimum absolute atomic E-state index is 0.0717.